The van der Waals surface area contributed by atoms with Crippen molar-refractivity contribution in [3.63, 3.8) is 0 Å². The molecule has 2 N–H and O–H groups in total. The van der Waals surface area contributed by atoms with Crippen LogP contribution in [0.5, 0.6) is 0 Å². The molecule has 2 amide bonds. The number of aromatic amines is 1. The van der Waals surface area contributed by atoms with Crippen LogP contribution in [0, 0.1) is 19.7 Å². The van der Waals surface area contributed by atoms with Crippen LogP contribution in [-0.2, 0) is 6.42 Å². The number of urea groups is 1. The summed E-state index contributed by atoms with van der Waals surface area (Å²) in [5.41, 5.74) is 6.88. The molecule has 2 heterocycles. The predicted molar refractivity (Wildman–Crippen MR) is 122 cm³/mol. The van der Waals surface area contributed by atoms with Gasteiger partial charge in [-0.25, -0.2) is 9.18 Å². The van der Waals surface area contributed by atoms with Crippen LogP contribution in [0.2, 0.25) is 0 Å². The summed E-state index contributed by atoms with van der Waals surface area (Å²) in [4.78, 5) is 18.7. The SMILES string of the molecule is Cc1cc(C)cc(NC(=O)N2CCc3c([nH]c4ccccc34)C2c2cccc(F)c2)c1. The lowest BCUT2D eigenvalue weighted by atomic mass is 9.92. The van der Waals surface area contributed by atoms with Crippen molar-refractivity contribution in [2.75, 3.05) is 11.9 Å². The smallest absolute Gasteiger partial charge is 0.322 e. The molecule has 0 saturated heterocycles. The van der Waals surface area contributed by atoms with Gasteiger partial charge in [0.1, 0.15) is 5.82 Å². The molecule has 3 aromatic carbocycles. The Morgan fingerprint density at radius 2 is 1.81 bits per heavy atom. The van der Waals surface area contributed by atoms with Gasteiger partial charge in [-0.2, -0.15) is 0 Å². The standard InChI is InChI=1S/C26H24FN3O/c1-16-12-17(2)14-20(13-16)28-26(31)30-11-10-22-21-8-3-4-9-23(21)29-24(22)25(30)18-6-5-7-19(27)15-18/h3-9,12-15,25,29H,10-11H2,1-2H3,(H,28,31). The summed E-state index contributed by atoms with van der Waals surface area (Å²) in [6, 6.07) is 20.1. The van der Waals surface area contributed by atoms with Gasteiger partial charge in [0.15, 0.2) is 0 Å². The maximum absolute atomic E-state index is 14.1. The largest absolute Gasteiger partial charge is 0.356 e. The zero-order chi connectivity index (χ0) is 21.5. The average Bonchev–Trinajstić information content (AvgIpc) is 3.11. The summed E-state index contributed by atoms with van der Waals surface area (Å²) in [6.45, 7) is 4.57. The number of aromatic nitrogens is 1. The Morgan fingerprint density at radius 1 is 1.03 bits per heavy atom. The number of anilines is 1. The molecular weight excluding hydrogens is 389 g/mol. The summed E-state index contributed by atoms with van der Waals surface area (Å²) in [7, 11) is 0. The van der Waals surface area contributed by atoms with Gasteiger partial charge in [0, 0.05) is 28.8 Å². The molecule has 31 heavy (non-hydrogen) atoms. The van der Waals surface area contributed by atoms with E-state index in [1.165, 1.54) is 17.7 Å². The van der Waals surface area contributed by atoms with Gasteiger partial charge in [-0.15, -0.1) is 0 Å². The highest BCUT2D eigenvalue weighted by atomic mass is 19.1. The van der Waals surface area contributed by atoms with Crippen LogP contribution in [-0.4, -0.2) is 22.5 Å². The van der Waals surface area contributed by atoms with E-state index in [0.29, 0.717) is 6.54 Å². The summed E-state index contributed by atoms with van der Waals surface area (Å²) in [5, 5.41) is 4.21. The number of fused-ring (bicyclic) bond motifs is 3. The zero-order valence-electron chi connectivity index (χ0n) is 17.6. The lowest BCUT2D eigenvalue weighted by molar-refractivity contribution is 0.193. The summed E-state index contributed by atoms with van der Waals surface area (Å²) in [6.07, 6.45) is 0.741. The highest BCUT2D eigenvalue weighted by Gasteiger charge is 2.34. The minimum atomic E-state index is -0.391. The highest BCUT2D eigenvalue weighted by Crippen LogP contribution is 2.38. The topological polar surface area (TPSA) is 48.1 Å². The number of halogens is 1. The Morgan fingerprint density at radius 3 is 2.58 bits per heavy atom. The second kappa shape index (κ2) is 7.58. The third-order valence-electron chi connectivity index (χ3n) is 5.93. The fraction of sp³-hybridized carbons (Fsp3) is 0.192. The second-order valence-corrected chi connectivity index (χ2v) is 8.27. The predicted octanol–water partition coefficient (Wildman–Crippen LogP) is 6.10. The van der Waals surface area contributed by atoms with Crippen LogP contribution < -0.4 is 5.32 Å². The summed E-state index contributed by atoms with van der Waals surface area (Å²) < 4.78 is 14.1. The molecule has 0 aliphatic carbocycles. The number of nitrogens with zero attached hydrogens (tertiary/aromatic N) is 1. The molecule has 1 aromatic heterocycles. The van der Waals surface area contributed by atoms with Gasteiger partial charge in [-0.1, -0.05) is 36.4 Å². The van der Waals surface area contributed by atoms with E-state index in [1.807, 2.05) is 50.2 Å². The lowest BCUT2D eigenvalue weighted by Gasteiger charge is -2.36. The Hall–Kier alpha value is -3.60. The molecule has 1 atom stereocenters. The van der Waals surface area contributed by atoms with Crippen molar-refractivity contribution < 1.29 is 9.18 Å². The number of rotatable bonds is 2. The normalized spacial score (nSPS) is 15.7. The first-order chi connectivity index (χ1) is 15.0. The highest BCUT2D eigenvalue weighted by molar-refractivity contribution is 5.91. The van der Waals surface area contributed by atoms with E-state index in [0.717, 1.165) is 45.4 Å². The van der Waals surface area contributed by atoms with Crippen molar-refractivity contribution in [2.45, 2.75) is 26.3 Å². The Kier molecular flexibility index (Phi) is 4.74. The van der Waals surface area contributed by atoms with E-state index in [2.05, 4.69) is 22.4 Å². The second-order valence-electron chi connectivity index (χ2n) is 8.27. The van der Waals surface area contributed by atoms with E-state index < -0.39 is 6.04 Å². The minimum Gasteiger partial charge on any atom is -0.356 e. The number of nitrogens with one attached hydrogen (secondary N) is 2. The Labute approximate surface area is 180 Å². The quantitative estimate of drug-likeness (QED) is 0.410. The van der Waals surface area contributed by atoms with Crippen LogP contribution in [0.1, 0.15) is 34.0 Å². The molecule has 4 aromatic rings. The number of aryl methyl sites for hydroxylation is 2. The number of hydrogen-bond acceptors (Lipinski definition) is 1. The van der Waals surface area contributed by atoms with Crippen LogP contribution in [0.4, 0.5) is 14.9 Å². The molecule has 5 heteroatoms. The maximum Gasteiger partial charge on any atom is 0.322 e. The minimum absolute atomic E-state index is 0.191. The van der Waals surface area contributed by atoms with Gasteiger partial charge in [0.05, 0.1) is 6.04 Å². The van der Waals surface area contributed by atoms with E-state index in [-0.39, 0.29) is 11.8 Å². The monoisotopic (exact) mass is 413 g/mol. The third kappa shape index (κ3) is 3.56. The molecule has 5 rings (SSSR count). The van der Waals surface area contributed by atoms with Gasteiger partial charge in [0.25, 0.3) is 0 Å². The number of H-pyrrole nitrogens is 1. The fourth-order valence-corrected chi connectivity index (χ4v) is 4.73. The zero-order valence-corrected chi connectivity index (χ0v) is 17.6. The van der Waals surface area contributed by atoms with Crippen LogP contribution >= 0.6 is 0 Å². The Balaban J connectivity index is 1.58. The fourth-order valence-electron chi connectivity index (χ4n) is 4.73. The number of benzene rings is 3. The number of carbonyl (C=O) groups is 1. The molecule has 0 saturated carbocycles. The first-order valence-electron chi connectivity index (χ1n) is 10.5. The Bertz CT molecular complexity index is 1270. The maximum atomic E-state index is 14.1. The van der Waals surface area contributed by atoms with Gasteiger partial charge in [0.2, 0.25) is 0 Å². The number of hydrogen-bond donors (Lipinski definition) is 2. The van der Waals surface area contributed by atoms with Crippen molar-refractivity contribution in [1.82, 2.24) is 9.88 Å². The summed E-state index contributed by atoms with van der Waals surface area (Å²) >= 11 is 0. The van der Waals surface area contributed by atoms with E-state index in [4.69, 9.17) is 0 Å². The summed E-state index contributed by atoms with van der Waals surface area (Å²) in [5.74, 6) is -0.310. The number of carbonyl (C=O) groups excluding carboxylic acids is 1. The van der Waals surface area contributed by atoms with Crippen molar-refractivity contribution in [3.05, 3.63) is 100 Å². The van der Waals surface area contributed by atoms with Crippen LogP contribution in [0.3, 0.4) is 0 Å². The molecule has 1 aliphatic heterocycles. The van der Waals surface area contributed by atoms with Crippen molar-refractivity contribution >= 4 is 22.6 Å². The third-order valence-corrected chi connectivity index (χ3v) is 5.93. The first-order valence-corrected chi connectivity index (χ1v) is 10.5. The molecular formula is C26H24FN3O. The van der Waals surface area contributed by atoms with E-state index in [1.54, 1.807) is 11.0 Å². The van der Waals surface area contributed by atoms with Gasteiger partial charge in [-0.3, -0.25) is 0 Å². The van der Waals surface area contributed by atoms with Crippen LogP contribution in [0.15, 0.2) is 66.7 Å². The lowest BCUT2D eigenvalue weighted by Crippen LogP contribution is -2.43. The van der Waals surface area contributed by atoms with Crippen molar-refractivity contribution in [2.24, 2.45) is 0 Å². The molecule has 1 aliphatic rings. The molecule has 0 radical (unpaired) electrons. The molecule has 1 unspecified atom stereocenters. The van der Waals surface area contributed by atoms with Gasteiger partial charge >= 0.3 is 6.03 Å². The van der Waals surface area contributed by atoms with Crippen LogP contribution in [0.25, 0.3) is 10.9 Å². The molecule has 156 valence electrons. The molecule has 0 spiro atoms. The van der Waals surface area contributed by atoms with Gasteiger partial charge < -0.3 is 15.2 Å². The first kappa shape index (κ1) is 19.4. The van der Waals surface area contributed by atoms with Gasteiger partial charge in [-0.05, 0) is 72.9 Å². The average molecular weight is 413 g/mol. The number of amides is 2. The van der Waals surface area contributed by atoms with Crippen molar-refractivity contribution in [3.8, 4) is 0 Å². The van der Waals surface area contributed by atoms with E-state index >= 15 is 0 Å². The number of para-hydroxylation sites is 1. The molecule has 4 nitrogen and oxygen atoms in total. The van der Waals surface area contributed by atoms with E-state index in [9.17, 15) is 9.18 Å². The van der Waals surface area contributed by atoms with Crippen molar-refractivity contribution in [1.29, 1.82) is 0 Å². The molecule has 0 fully saturated rings. The molecule has 0 bridgehead atoms.